The van der Waals surface area contributed by atoms with Crippen molar-refractivity contribution < 1.29 is 14.4 Å². The Hall–Kier alpha value is -2.44. The third kappa shape index (κ3) is 3.55. The van der Waals surface area contributed by atoms with Crippen molar-refractivity contribution >= 4 is 23.5 Å². The second-order valence-corrected chi connectivity index (χ2v) is 6.58. The molecule has 2 aliphatic rings. The van der Waals surface area contributed by atoms with Gasteiger partial charge in [-0.3, -0.25) is 14.4 Å². The van der Waals surface area contributed by atoms with Crippen molar-refractivity contribution in [3.05, 3.63) is 23.9 Å². The summed E-state index contributed by atoms with van der Waals surface area (Å²) in [6.07, 6.45) is 4.49. The largest absolute Gasteiger partial charge is 0.344 e. The first kappa shape index (κ1) is 16.4. The maximum atomic E-state index is 12.7. The minimum atomic E-state index is -0.132. The fourth-order valence-electron chi connectivity index (χ4n) is 2.88. The van der Waals surface area contributed by atoms with E-state index in [9.17, 15) is 14.4 Å². The minimum Gasteiger partial charge on any atom is -0.344 e. The number of carbonyl (C=O) groups is 3. The van der Waals surface area contributed by atoms with Crippen LogP contribution in [0, 0.1) is 5.92 Å². The summed E-state index contributed by atoms with van der Waals surface area (Å²) >= 11 is 0. The fourth-order valence-corrected chi connectivity index (χ4v) is 2.88. The van der Waals surface area contributed by atoms with Gasteiger partial charge >= 0.3 is 0 Å². The predicted octanol–water partition coefficient (Wildman–Crippen LogP) is 1.12. The van der Waals surface area contributed by atoms with Crippen molar-refractivity contribution in [3.63, 3.8) is 0 Å². The Balaban J connectivity index is 1.67. The van der Waals surface area contributed by atoms with Crippen LogP contribution in [0.25, 0.3) is 0 Å². The van der Waals surface area contributed by atoms with Crippen LogP contribution in [0.4, 0.5) is 5.82 Å². The zero-order valence-electron chi connectivity index (χ0n) is 14.0. The first-order valence-electron chi connectivity index (χ1n) is 8.23. The van der Waals surface area contributed by atoms with Crippen molar-refractivity contribution in [3.8, 4) is 0 Å². The van der Waals surface area contributed by atoms with E-state index in [-0.39, 0.29) is 29.7 Å². The topological polar surface area (TPSA) is 82.6 Å². The number of hydrogen-bond acceptors (Lipinski definition) is 4. The highest BCUT2D eigenvalue weighted by molar-refractivity contribution is 5.97. The van der Waals surface area contributed by atoms with Gasteiger partial charge in [0.2, 0.25) is 11.8 Å². The average molecular weight is 330 g/mol. The molecule has 1 saturated carbocycles. The summed E-state index contributed by atoms with van der Waals surface area (Å²) in [5, 5.41) is 2.76. The number of piperidine rings is 1. The van der Waals surface area contributed by atoms with Crippen LogP contribution in [0.15, 0.2) is 18.3 Å². The van der Waals surface area contributed by atoms with Crippen LogP contribution >= 0.6 is 0 Å². The SMILES string of the molecule is CN1CC(N(C)C(=O)c2ccnc(NC(=O)C3CC3)c2)CCC1=O. The van der Waals surface area contributed by atoms with Gasteiger partial charge in [-0.05, 0) is 31.4 Å². The molecule has 128 valence electrons. The van der Waals surface area contributed by atoms with E-state index in [1.807, 2.05) is 0 Å². The molecular formula is C17H22N4O3. The lowest BCUT2D eigenvalue weighted by molar-refractivity contribution is -0.133. The molecule has 2 fully saturated rings. The van der Waals surface area contributed by atoms with Crippen molar-refractivity contribution in [2.75, 3.05) is 26.0 Å². The summed E-state index contributed by atoms with van der Waals surface area (Å²) in [6.45, 7) is 0.539. The molecule has 7 heteroatoms. The molecule has 1 N–H and O–H groups in total. The normalized spacial score (nSPS) is 20.7. The Morgan fingerprint density at radius 1 is 1.33 bits per heavy atom. The van der Waals surface area contributed by atoms with E-state index in [4.69, 9.17) is 0 Å². The number of likely N-dealkylation sites (tertiary alicyclic amines) is 1. The maximum Gasteiger partial charge on any atom is 0.254 e. The third-order valence-electron chi connectivity index (χ3n) is 4.68. The number of amides is 3. The molecule has 0 bridgehead atoms. The Bertz CT molecular complexity index is 672. The second-order valence-electron chi connectivity index (χ2n) is 6.58. The number of carbonyl (C=O) groups excluding carboxylic acids is 3. The third-order valence-corrected chi connectivity index (χ3v) is 4.68. The van der Waals surface area contributed by atoms with E-state index in [1.165, 1.54) is 6.20 Å². The van der Waals surface area contributed by atoms with Crippen LogP contribution in [0.1, 0.15) is 36.0 Å². The molecule has 1 aromatic heterocycles. The summed E-state index contributed by atoms with van der Waals surface area (Å²) < 4.78 is 0. The number of nitrogens with zero attached hydrogens (tertiary/aromatic N) is 3. The standard InChI is InChI=1S/C17H22N4O3/c1-20-10-13(5-6-15(20)22)21(2)17(24)12-7-8-18-14(9-12)19-16(23)11-3-4-11/h7-9,11,13H,3-6,10H2,1-2H3,(H,18,19,23). The number of nitrogens with one attached hydrogen (secondary N) is 1. The van der Waals surface area contributed by atoms with Gasteiger partial charge in [0.25, 0.3) is 5.91 Å². The molecule has 0 aromatic carbocycles. The number of pyridine rings is 1. The summed E-state index contributed by atoms with van der Waals surface area (Å²) in [6, 6.07) is 3.25. The summed E-state index contributed by atoms with van der Waals surface area (Å²) in [7, 11) is 3.50. The monoisotopic (exact) mass is 330 g/mol. The molecule has 3 amide bonds. The van der Waals surface area contributed by atoms with E-state index < -0.39 is 0 Å². The van der Waals surface area contributed by atoms with Gasteiger partial charge in [0.15, 0.2) is 0 Å². The van der Waals surface area contributed by atoms with Crippen LogP contribution in [0.3, 0.4) is 0 Å². The number of rotatable bonds is 4. The maximum absolute atomic E-state index is 12.7. The molecular weight excluding hydrogens is 308 g/mol. The van der Waals surface area contributed by atoms with Gasteiger partial charge in [-0.1, -0.05) is 0 Å². The molecule has 1 saturated heterocycles. The highest BCUT2D eigenvalue weighted by Gasteiger charge is 2.31. The lowest BCUT2D eigenvalue weighted by Gasteiger charge is -2.35. The highest BCUT2D eigenvalue weighted by atomic mass is 16.2. The van der Waals surface area contributed by atoms with Crippen LogP contribution in [0.2, 0.25) is 0 Å². The lowest BCUT2D eigenvalue weighted by Crippen LogP contribution is -2.49. The van der Waals surface area contributed by atoms with Crippen LogP contribution in [-0.2, 0) is 9.59 Å². The van der Waals surface area contributed by atoms with Gasteiger partial charge in [0.05, 0.1) is 0 Å². The zero-order valence-corrected chi connectivity index (χ0v) is 14.0. The quantitative estimate of drug-likeness (QED) is 0.897. The van der Waals surface area contributed by atoms with E-state index in [1.54, 1.807) is 36.0 Å². The van der Waals surface area contributed by atoms with Gasteiger partial charge in [-0.2, -0.15) is 0 Å². The molecule has 1 aliphatic carbocycles. The molecule has 1 atom stereocenters. The van der Waals surface area contributed by atoms with Crippen molar-refractivity contribution in [2.45, 2.75) is 31.7 Å². The zero-order chi connectivity index (χ0) is 17.3. The van der Waals surface area contributed by atoms with Gasteiger partial charge in [-0.25, -0.2) is 4.98 Å². The van der Waals surface area contributed by atoms with Gasteiger partial charge in [-0.15, -0.1) is 0 Å². The summed E-state index contributed by atoms with van der Waals surface area (Å²) in [5.74, 6) is 0.437. The van der Waals surface area contributed by atoms with Crippen molar-refractivity contribution in [1.29, 1.82) is 0 Å². The Morgan fingerprint density at radius 2 is 2.08 bits per heavy atom. The second kappa shape index (κ2) is 6.59. The minimum absolute atomic E-state index is 0.00197. The summed E-state index contributed by atoms with van der Waals surface area (Å²) in [4.78, 5) is 43.5. The molecule has 1 aliphatic heterocycles. The summed E-state index contributed by atoms with van der Waals surface area (Å²) in [5.41, 5.74) is 0.484. The number of anilines is 1. The number of hydrogen-bond donors (Lipinski definition) is 1. The van der Waals surface area contributed by atoms with Crippen LogP contribution < -0.4 is 5.32 Å². The van der Waals surface area contributed by atoms with E-state index >= 15 is 0 Å². The predicted molar refractivity (Wildman–Crippen MR) is 88.3 cm³/mol. The van der Waals surface area contributed by atoms with Crippen LogP contribution in [0.5, 0.6) is 0 Å². The molecule has 7 nitrogen and oxygen atoms in total. The molecule has 1 unspecified atom stereocenters. The molecule has 0 spiro atoms. The lowest BCUT2D eigenvalue weighted by atomic mass is 10.0. The Labute approximate surface area is 141 Å². The number of aromatic nitrogens is 1. The van der Waals surface area contributed by atoms with Crippen LogP contribution in [-0.4, -0.2) is 59.2 Å². The van der Waals surface area contributed by atoms with Gasteiger partial charge in [0, 0.05) is 50.8 Å². The first-order chi connectivity index (χ1) is 11.5. The molecule has 0 radical (unpaired) electrons. The Morgan fingerprint density at radius 3 is 2.75 bits per heavy atom. The highest BCUT2D eigenvalue weighted by Crippen LogP contribution is 2.30. The smallest absolute Gasteiger partial charge is 0.254 e. The first-order valence-corrected chi connectivity index (χ1v) is 8.23. The molecule has 1 aromatic rings. The molecule has 2 heterocycles. The fraction of sp³-hybridized carbons (Fsp3) is 0.529. The Kier molecular flexibility index (Phi) is 4.51. The van der Waals surface area contributed by atoms with E-state index in [0.717, 1.165) is 12.8 Å². The van der Waals surface area contributed by atoms with E-state index in [2.05, 4.69) is 10.3 Å². The molecule has 3 rings (SSSR count). The van der Waals surface area contributed by atoms with Gasteiger partial charge in [0.1, 0.15) is 5.82 Å². The average Bonchev–Trinajstić information content (AvgIpc) is 3.41. The van der Waals surface area contributed by atoms with Crippen molar-refractivity contribution in [1.82, 2.24) is 14.8 Å². The van der Waals surface area contributed by atoms with E-state index in [0.29, 0.717) is 30.8 Å². The number of likely N-dealkylation sites (N-methyl/N-ethyl adjacent to an activating group) is 2. The molecule has 24 heavy (non-hydrogen) atoms. The van der Waals surface area contributed by atoms with Gasteiger partial charge < -0.3 is 15.1 Å². The van der Waals surface area contributed by atoms with Crippen molar-refractivity contribution in [2.24, 2.45) is 5.92 Å².